The maximum absolute atomic E-state index is 10.7. The highest BCUT2D eigenvalue weighted by Gasteiger charge is 2.34. The molecule has 0 bridgehead atoms. The molecule has 62 valence electrons. The molecule has 0 radical (unpaired) electrons. The van der Waals surface area contributed by atoms with Crippen LogP contribution in [0, 0.1) is 0 Å². The minimum Gasteiger partial charge on any atom is -0.275 e. The lowest BCUT2D eigenvalue weighted by molar-refractivity contribution is -0.118. The van der Waals surface area contributed by atoms with Gasteiger partial charge in [0.1, 0.15) is 6.54 Å². The van der Waals surface area contributed by atoms with Gasteiger partial charge in [0.15, 0.2) is 0 Å². The molecule has 1 rings (SSSR count). The molecule has 0 unspecified atom stereocenters. The first kappa shape index (κ1) is 8.71. The Labute approximate surface area is 74.6 Å². The van der Waals surface area contributed by atoms with E-state index in [1.165, 1.54) is 0 Å². The van der Waals surface area contributed by atoms with Gasteiger partial charge in [-0.1, -0.05) is 0 Å². The van der Waals surface area contributed by atoms with E-state index in [1.807, 2.05) is 5.32 Å². The van der Waals surface area contributed by atoms with Gasteiger partial charge in [0.05, 0.1) is 21.2 Å². The van der Waals surface area contributed by atoms with Crippen molar-refractivity contribution in [2.75, 3.05) is 6.54 Å². The summed E-state index contributed by atoms with van der Waals surface area (Å²) in [5, 5.41) is 1.84. The summed E-state index contributed by atoms with van der Waals surface area (Å²) in [5.74, 6) is -0.602. The van der Waals surface area contributed by atoms with Gasteiger partial charge in [0.2, 0.25) is 5.91 Å². The van der Waals surface area contributed by atoms with E-state index in [-0.39, 0.29) is 0 Å². The Morgan fingerprint density at radius 1 is 1.45 bits per heavy atom. The largest absolute Gasteiger partial charge is 0.338 e. The number of hydrogen-bond acceptors (Lipinski definition) is 4. The summed E-state index contributed by atoms with van der Waals surface area (Å²) < 4.78 is 21.8. The zero-order valence-electron chi connectivity index (χ0n) is 5.07. The van der Waals surface area contributed by atoms with Crippen LogP contribution in [0.3, 0.4) is 0 Å². The van der Waals surface area contributed by atoms with Crippen molar-refractivity contribution in [1.82, 2.24) is 9.62 Å². The molecule has 1 aliphatic heterocycles. The molecule has 0 saturated carbocycles. The topological polar surface area (TPSA) is 83.6 Å². The zero-order valence-corrected chi connectivity index (χ0v) is 8.05. The Bertz CT molecular complexity index is 309. The predicted octanol–water partition coefficient (Wildman–Crippen LogP) is -0.782. The number of carbonyl (C=O) groups is 2. The second kappa shape index (κ2) is 2.59. The molecule has 0 atom stereocenters. The van der Waals surface area contributed by atoms with Crippen molar-refractivity contribution in [3.63, 3.8) is 0 Å². The van der Waals surface area contributed by atoms with Crippen LogP contribution < -0.4 is 5.32 Å². The highest BCUT2D eigenvalue weighted by molar-refractivity contribution is 14.2. The Morgan fingerprint density at radius 3 is 2.18 bits per heavy atom. The van der Waals surface area contributed by atoms with Crippen LogP contribution in [-0.4, -0.2) is 31.2 Å². The number of nitrogens with one attached hydrogen (secondary N) is 1. The Kier molecular flexibility index (Phi) is 2.05. The minimum absolute atomic E-state index is 0.413. The predicted molar refractivity (Wildman–Crippen MR) is 43.2 cm³/mol. The van der Waals surface area contributed by atoms with E-state index in [0.29, 0.717) is 4.31 Å². The van der Waals surface area contributed by atoms with Crippen LogP contribution >= 0.6 is 21.2 Å². The molecular formula is C3H3IN2O4S. The molecule has 6 nitrogen and oxygen atoms in total. The standard InChI is InChI=1S/C3H3IN2O4S/c4-11(9,10)6-1-2(7)5-3(6)8/h1H2,(H,5,7,8). The molecule has 1 N–H and O–H groups in total. The molecule has 1 fully saturated rings. The van der Waals surface area contributed by atoms with Crippen molar-refractivity contribution < 1.29 is 18.0 Å². The maximum Gasteiger partial charge on any atom is 0.338 e. The van der Waals surface area contributed by atoms with Crippen molar-refractivity contribution in [3.8, 4) is 0 Å². The number of carbonyl (C=O) groups excluding carboxylic acids is 2. The van der Waals surface area contributed by atoms with Crippen molar-refractivity contribution in [3.05, 3.63) is 0 Å². The summed E-state index contributed by atoms with van der Waals surface area (Å²) in [4.78, 5) is 21.1. The van der Waals surface area contributed by atoms with Gasteiger partial charge in [-0.25, -0.2) is 9.10 Å². The number of nitrogens with zero attached hydrogens (tertiary/aromatic N) is 1. The number of halogens is 1. The van der Waals surface area contributed by atoms with Crippen LogP contribution in [0.4, 0.5) is 4.79 Å². The van der Waals surface area contributed by atoms with Crippen molar-refractivity contribution in [2.45, 2.75) is 0 Å². The van der Waals surface area contributed by atoms with Crippen LogP contribution in [0.1, 0.15) is 0 Å². The zero-order chi connectivity index (χ0) is 8.65. The monoisotopic (exact) mass is 290 g/mol. The minimum atomic E-state index is -3.61. The fourth-order valence-corrected chi connectivity index (χ4v) is 2.07. The normalized spacial score (nSPS) is 18.8. The van der Waals surface area contributed by atoms with Crippen LogP contribution in [0.2, 0.25) is 0 Å². The fourth-order valence-electron chi connectivity index (χ4n) is 0.600. The summed E-state index contributed by atoms with van der Waals surface area (Å²) in [6, 6.07) is -0.885. The van der Waals surface area contributed by atoms with Gasteiger partial charge in [0.25, 0.3) is 7.19 Å². The smallest absolute Gasteiger partial charge is 0.275 e. The lowest BCUT2D eigenvalue weighted by atomic mass is 10.7. The average Bonchev–Trinajstić information content (AvgIpc) is 2.08. The Morgan fingerprint density at radius 2 is 2.00 bits per heavy atom. The van der Waals surface area contributed by atoms with Crippen LogP contribution in [-0.2, 0) is 12.0 Å². The van der Waals surface area contributed by atoms with Crippen LogP contribution in [0.5, 0.6) is 0 Å². The van der Waals surface area contributed by atoms with Gasteiger partial charge in [0, 0.05) is 0 Å². The third-order valence-corrected chi connectivity index (χ3v) is 3.27. The van der Waals surface area contributed by atoms with Gasteiger partial charge in [-0.2, -0.15) is 8.42 Å². The van der Waals surface area contributed by atoms with Crippen molar-refractivity contribution in [1.29, 1.82) is 0 Å². The van der Waals surface area contributed by atoms with E-state index in [2.05, 4.69) is 0 Å². The maximum atomic E-state index is 10.7. The molecule has 8 heteroatoms. The first-order chi connectivity index (χ1) is 4.91. The van der Waals surface area contributed by atoms with E-state index < -0.39 is 25.7 Å². The van der Waals surface area contributed by atoms with Gasteiger partial charge < -0.3 is 0 Å². The molecule has 0 aromatic carbocycles. The molecule has 1 heterocycles. The van der Waals surface area contributed by atoms with Crippen molar-refractivity contribution >= 4 is 40.3 Å². The number of rotatable bonds is 1. The first-order valence-corrected chi connectivity index (χ1v) is 6.45. The van der Waals surface area contributed by atoms with Gasteiger partial charge in [-0.3, -0.25) is 10.1 Å². The summed E-state index contributed by atoms with van der Waals surface area (Å²) >= 11 is 1.09. The molecule has 0 aromatic rings. The van der Waals surface area contributed by atoms with Gasteiger partial charge in [-0.05, 0) is 0 Å². The third kappa shape index (κ3) is 1.80. The van der Waals surface area contributed by atoms with E-state index >= 15 is 0 Å². The van der Waals surface area contributed by atoms with E-state index in [1.54, 1.807) is 0 Å². The first-order valence-electron chi connectivity index (χ1n) is 2.47. The van der Waals surface area contributed by atoms with Crippen LogP contribution in [0.15, 0.2) is 0 Å². The molecule has 0 spiro atoms. The lowest BCUT2D eigenvalue weighted by Crippen LogP contribution is -2.30. The van der Waals surface area contributed by atoms with E-state index in [4.69, 9.17) is 0 Å². The summed E-state index contributed by atoms with van der Waals surface area (Å²) in [6.45, 7) is -0.413. The SMILES string of the molecule is O=C1CN(S(=O)(=O)I)C(=O)N1. The second-order valence-electron chi connectivity index (χ2n) is 1.80. The van der Waals surface area contributed by atoms with Gasteiger partial charge in [-0.15, -0.1) is 0 Å². The summed E-state index contributed by atoms with van der Waals surface area (Å²) in [6.07, 6.45) is 0. The molecule has 1 aliphatic rings. The third-order valence-electron chi connectivity index (χ3n) is 1.02. The molecular weight excluding hydrogens is 287 g/mol. The van der Waals surface area contributed by atoms with E-state index in [0.717, 1.165) is 21.2 Å². The second-order valence-corrected chi connectivity index (χ2v) is 6.41. The van der Waals surface area contributed by atoms with E-state index in [9.17, 15) is 18.0 Å². The lowest BCUT2D eigenvalue weighted by Gasteiger charge is -2.06. The summed E-state index contributed by atoms with van der Waals surface area (Å²) in [5.41, 5.74) is 0. The fraction of sp³-hybridized carbons (Fsp3) is 0.333. The van der Waals surface area contributed by atoms with Crippen molar-refractivity contribution in [2.24, 2.45) is 0 Å². The molecule has 11 heavy (non-hydrogen) atoms. The van der Waals surface area contributed by atoms with Gasteiger partial charge >= 0.3 is 6.03 Å². The molecule has 1 saturated heterocycles. The average molecular weight is 290 g/mol. The number of amides is 3. The molecule has 3 amide bonds. The Hall–Kier alpha value is -0.380. The number of imide groups is 1. The quantitative estimate of drug-likeness (QED) is 0.390. The Balaban J connectivity index is 2.94. The highest BCUT2D eigenvalue weighted by Crippen LogP contribution is 2.12. The molecule has 0 aliphatic carbocycles. The number of hydrogen-bond donors (Lipinski definition) is 1. The molecule has 0 aromatic heterocycles. The van der Waals surface area contributed by atoms with Crippen LogP contribution in [0.25, 0.3) is 0 Å². The summed E-state index contributed by atoms with van der Waals surface area (Å²) in [7, 11) is -3.61. The highest BCUT2D eigenvalue weighted by atomic mass is 127. The number of urea groups is 1.